The minimum absolute atomic E-state index is 0.0521. The zero-order valence-corrected chi connectivity index (χ0v) is 12.5. The van der Waals surface area contributed by atoms with E-state index in [0.29, 0.717) is 5.75 Å². The summed E-state index contributed by atoms with van der Waals surface area (Å²) < 4.78 is 0. The highest BCUT2D eigenvalue weighted by atomic mass is 16.7. The van der Waals surface area contributed by atoms with Crippen LogP contribution in [0.25, 0.3) is 0 Å². The van der Waals surface area contributed by atoms with Gasteiger partial charge in [0.25, 0.3) is 5.69 Å². The van der Waals surface area contributed by atoms with Gasteiger partial charge >= 0.3 is 0 Å². The molecule has 0 bridgehead atoms. The van der Waals surface area contributed by atoms with E-state index in [0.717, 1.165) is 12.8 Å². The second kappa shape index (κ2) is 5.05. The summed E-state index contributed by atoms with van der Waals surface area (Å²) in [5.41, 5.74) is -0.0259. The molecule has 20 heavy (non-hydrogen) atoms. The van der Waals surface area contributed by atoms with Crippen LogP contribution in [0.1, 0.15) is 47.0 Å². The van der Waals surface area contributed by atoms with Gasteiger partial charge in [0.15, 0.2) is 0 Å². The van der Waals surface area contributed by atoms with Gasteiger partial charge in [0.2, 0.25) is 0 Å². The number of nitro groups is 1. The molecule has 0 unspecified atom stereocenters. The third-order valence-corrected chi connectivity index (χ3v) is 3.92. The first kappa shape index (κ1) is 14.8. The third kappa shape index (κ3) is 2.93. The predicted molar refractivity (Wildman–Crippen MR) is 77.6 cm³/mol. The molecule has 5 nitrogen and oxygen atoms in total. The molecule has 0 spiro atoms. The number of hydrogen-bond donors (Lipinski definition) is 0. The van der Waals surface area contributed by atoms with Gasteiger partial charge in [0, 0.05) is 12.1 Å². The Bertz CT molecular complexity index is 478. The number of piperidine rings is 1. The SMILES string of the molecule is CC1(C)CCCC(C)(C)N1Oc1ccc([N+](=O)[O-])cc1. The summed E-state index contributed by atoms with van der Waals surface area (Å²) in [7, 11) is 0. The average molecular weight is 278 g/mol. The largest absolute Gasteiger partial charge is 0.405 e. The van der Waals surface area contributed by atoms with Crippen LogP contribution >= 0.6 is 0 Å². The van der Waals surface area contributed by atoms with Crippen LogP contribution in [0.4, 0.5) is 5.69 Å². The Hall–Kier alpha value is -1.62. The van der Waals surface area contributed by atoms with E-state index in [2.05, 4.69) is 27.7 Å². The molecule has 0 N–H and O–H groups in total. The quantitative estimate of drug-likeness (QED) is 0.621. The summed E-state index contributed by atoms with van der Waals surface area (Å²) in [4.78, 5) is 16.3. The highest BCUT2D eigenvalue weighted by Crippen LogP contribution is 2.38. The normalized spacial score (nSPS) is 21.4. The molecule has 1 aliphatic rings. The van der Waals surface area contributed by atoms with E-state index in [1.165, 1.54) is 18.6 Å². The highest BCUT2D eigenvalue weighted by molar-refractivity contribution is 5.35. The lowest BCUT2D eigenvalue weighted by molar-refractivity contribution is -0.384. The van der Waals surface area contributed by atoms with Crippen molar-refractivity contribution in [2.24, 2.45) is 0 Å². The molecule has 0 radical (unpaired) electrons. The second-order valence-electron chi connectivity index (χ2n) is 6.62. The van der Waals surface area contributed by atoms with Crippen LogP contribution < -0.4 is 4.84 Å². The van der Waals surface area contributed by atoms with Crippen molar-refractivity contribution in [1.82, 2.24) is 5.06 Å². The van der Waals surface area contributed by atoms with E-state index < -0.39 is 4.92 Å². The maximum Gasteiger partial charge on any atom is 0.269 e. The molecule has 5 heteroatoms. The second-order valence-corrected chi connectivity index (χ2v) is 6.62. The molecule has 0 atom stereocenters. The minimum atomic E-state index is -0.404. The number of nitro benzene ring substituents is 1. The van der Waals surface area contributed by atoms with Crippen LogP contribution in [0.2, 0.25) is 0 Å². The first-order chi connectivity index (χ1) is 9.22. The van der Waals surface area contributed by atoms with Crippen LogP contribution in [0.15, 0.2) is 24.3 Å². The molecule has 1 aromatic rings. The van der Waals surface area contributed by atoms with E-state index in [9.17, 15) is 10.1 Å². The van der Waals surface area contributed by atoms with Crippen molar-refractivity contribution < 1.29 is 9.76 Å². The Balaban J connectivity index is 2.20. The van der Waals surface area contributed by atoms with Crippen molar-refractivity contribution in [3.05, 3.63) is 34.4 Å². The van der Waals surface area contributed by atoms with Gasteiger partial charge in [-0.2, -0.15) is 0 Å². The Morgan fingerprint density at radius 1 is 1.10 bits per heavy atom. The van der Waals surface area contributed by atoms with Crippen molar-refractivity contribution in [2.75, 3.05) is 0 Å². The predicted octanol–water partition coefficient (Wildman–Crippen LogP) is 3.93. The van der Waals surface area contributed by atoms with Crippen molar-refractivity contribution in [3.8, 4) is 5.75 Å². The number of benzene rings is 1. The molecule has 1 saturated heterocycles. The number of hydrogen-bond acceptors (Lipinski definition) is 4. The average Bonchev–Trinajstić information content (AvgIpc) is 2.34. The van der Waals surface area contributed by atoms with Crippen LogP contribution in [-0.2, 0) is 0 Å². The summed E-state index contributed by atoms with van der Waals surface area (Å²) >= 11 is 0. The molecule has 1 aliphatic heterocycles. The van der Waals surface area contributed by atoms with Gasteiger partial charge in [0.05, 0.1) is 16.0 Å². The molecule has 1 fully saturated rings. The number of non-ortho nitro benzene ring substituents is 1. The van der Waals surface area contributed by atoms with Crippen molar-refractivity contribution in [3.63, 3.8) is 0 Å². The molecular weight excluding hydrogens is 256 g/mol. The zero-order chi connectivity index (χ0) is 15.0. The maximum atomic E-state index is 10.7. The van der Waals surface area contributed by atoms with Gasteiger partial charge in [-0.1, -0.05) is 0 Å². The summed E-state index contributed by atoms with van der Waals surface area (Å²) in [5.74, 6) is 0.638. The van der Waals surface area contributed by atoms with Crippen LogP contribution in [0, 0.1) is 10.1 Å². The lowest BCUT2D eigenvalue weighted by Crippen LogP contribution is -2.59. The Morgan fingerprint density at radius 3 is 2.05 bits per heavy atom. The summed E-state index contributed by atoms with van der Waals surface area (Å²) in [6.07, 6.45) is 3.33. The van der Waals surface area contributed by atoms with Gasteiger partial charge < -0.3 is 4.84 Å². The number of rotatable bonds is 3. The van der Waals surface area contributed by atoms with Gasteiger partial charge in [-0.3, -0.25) is 10.1 Å². The summed E-state index contributed by atoms with van der Waals surface area (Å²) in [6.45, 7) is 8.66. The Morgan fingerprint density at radius 2 is 1.60 bits per heavy atom. The van der Waals surface area contributed by atoms with Crippen molar-refractivity contribution >= 4 is 5.69 Å². The Kier molecular flexibility index (Phi) is 3.73. The summed E-state index contributed by atoms with van der Waals surface area (Å²) in [6, 6.07) is 6.25. The zero-order valence-electron chi connectivity index (χ0n) is 12.5. The minimum Gasteiger partial charge on any atom is -0.405 e. The van der Waals surface area contributed by atoms with Crippen LogP contribution in [0.3, 0.4) is 0 Å². The van der Waals surface area contributed by atoms with Crippen molar-refractivity contribution in [2.45, 2.75) is 58.0 Å². The standard InChI is InChI=1S/C15H22N2O3/c1-14(2)10-5-11-15(3,4)17(14)20-13-8-6-12(7-9-13)16(18)19/h6-9H,5,10-11H2,1-4H3. The lowest BCUT2D eigenvalue weighted by Gasteiger charge is -2.50. The molecule has 0 saturated carbocycles. The van der Waals surface area contributed by atoms with E-state index in [1.807, 2.05) is 5.06 Å². The Labute approximate surface area is 119 Å². The van der Waals surface area contributed by atoms with E-state index in [-0.39, 0.29) is 16.8 Å². The fourth-order valence-corrected chi connectivity index (χ4v) is 2.96. The molecule has 0 aliphatic carbocycles. The van der Waals surface area contributed by atoms with Gasteiger partial charge in [0.1, 0.15) is 5.75 Å². The maximum absolute atomic E-state index is 10.7. The van der Waals surface area contributed by atoms with Gasteiger partial charge in [-0.25, -0.2) is 0 Å². The molecule has 0 amide bonds. The number of hydroxylamine groups is 2. The molecule has 0 aromatic heterocycles. The van der Waals surface area contributed by atoms with Crippen LogP contribution in [-0.4, -0.2) is 21.1 Å². The number of nitrogens with zero attached hydrogens (tertiary/aromatic N) is 2. The van der Waals surface area contributed by atoms with Crippen LogP contribution in [0.5, 0.6) is 5.75 Å². The topological polar surface area (TPSA) is 55.6 Å². The fraction of sp³-hybridized carbons (Fsp3) is 0.600. The molecular formula is C15H22N2O3. The van der Waals surface area contributed by atoms with E-state index in [1.54, 1.807) is 12.1 Å². The van der Waals surface area contributed by atoms with Crippen molar-refractivity contribution in [1.29, 1.82) is 0 Å². The summed E-state index contributed by atoms with van der Waals surface area (Å²) in [5, 5.41) is 12.7. The monoisotopic (exact) mass is 278 g/mol. The lowest BCUT2D eigenvalue weighted by atomic mass is 9.82. The molecule has 110 valence electrons. The fourth-order valence-electron chi connectivity index (χ4n) is 2.96. The molecule has 1 aromatic carbocycles. The smallest absolute Gasteiger partial charge is 0.269 e. The van der Waals surface area contributed by atoms with E-state index >= 15 is 0 Å². The third-order valence-electron chi connectivity index (χ3n) is 3.92. The first-order valence-electron chi connectivity index (χ1n) is 6.95. The first-order valence-corrected chi connectivity index (χ1v) is 6.95. The highest BCUT2D eigenvalue weighted by Gasteiger charge is 2.43. The van der Waals surface area contributed by atoms with Gasteiger partial charge in [-0.05, 0) is 59.1 Å². The molecule has 2 rings (SSSR count). The van der Waals surface area contributed by atoms with E-state index in [4.69, 9.17) is 4.84 Å². The molecule has 1 heterocycles. The van der Waals surface area contributed by atoms with Gasteiger partial charge in [-0.15, -0.1) is 5.06 Å².